The first-order chi connectivity index (χ1) is 16.6. The lowest BCUT2D eigenvalue weighted by Gasteiger charge is -2.26. The number of fused-ring (bicyclic) bond motifs is 1. The van der Waals surface area contributed by atoms with Crippen molar-refractivity contribution in [3.8, 4) is 11.3 Å². The number of aromatic nitrogens is 5. The highest BCUT2D eigenvalue weighted by molar-refractivity contribution is 7.77. The average molecular weight is 483 g/mol. The van der Waals surface area contributed by atoms with Gasteiger partial charge >= 0.3 is 0 Å². The smallest absolute Gasteiger partial charge is 0.245 e. The third-order valence-electron chi connectivity index (χ3n) is 5.66. The lowest BCUT2D eigenvalue weighted by atomic mass is 10.1. The van der Waals surface area contributed by atoms with Crippen LogP contribution < -0.4 is 10.0 Å². The van der Waals surface area contributed by atoms with Crippen LogP contribution in [-0.4, -0.2) is 70.9 Å². The summed E-state index contributed by atoms with van der Waals surface area (Å²) in [6.45, 7) is 5.52. The largest absolute Gasteiger partial charge is 0.379 e. The van der Waals surface area contributed by atoms with E-state index in [1.807, 2.05) is 51.8 Å². The molecule has 3 aromatic heterocycles. The van der Waals surface area contributed by atoms with E-state index in [0.29, 0.717) is 5.95 Å². The van der Waals surface area contributed by atoms with E-state index < -0.39 is 11.3 Å². The minimum Gasteiger partial charge on any atom is -0.379 e. The van der Waals surface area contributed by atoms with Crippen molar-refractivity contribution in [2.75, 3.05) is 38.2 Å². The predicted octanol–water partition coefficient (Wildman–Crippen LogP) is 1.89. The van der Waals surface area contributed by atoms with Crippen LogP contribution in [0.1, 0.15) is 5.56 Å². The lowest BCUT2D eigenvalue weighted by Crippen LogP contribution is -2.38. The molecule has 1 saturated heterocycles. The summed E-state index contributed by atoms with van der Waals surface area (Å²) in [6.07, 6.45) is 5.49. The van der Waals surface area contributed by atoms with Crippen molar-refractivity contribution in [2.45, 2.75) is 13.1 Å². The molecule has 0 radical (unpaired) electrons. The second kappa shape index (κ2) is 10.4. The number of hydrogen-bond donors (Lipinski definition) is 3. The molecule has 1 aromatic carbocycles. The van der Waals surface area contributed by atoms with Gasteiger partial charge in [0.15, 0.2) is 0 Å². The molecule has 1 fully saturated rings. The number of benzene rings is 1. The van der Waals surface area contributed by atoms with Crippen LogP contribution in [0, 0.1) is 0 Å². The highest BCUT2D eigenvalue weighted by Crippen LogP contribution is 2.23. The van der Waals surface area contributed by atoms with Gasteiger partial charge in [0, 0.05) is 37.9 Å². The Balaban J connectivity index is 1.29. The van der Waals surface area contributed by atoms with Crippen molar-refractivity contribution in [1.82, 2.24) is 34.0 Å². The molecule has 178 valence electrons. The molecule has 12 heteroatoms. The summed E-state index contributed by atoms with van der Waals surface area (Å²) in [5.41, 5.74) is 4.42. The standard InChI is InChI=1S/C22H26N8O3S/c31-34(32)25-13-17-2-1-3-18(12-17)21-5-4-20-15-23-22(27-30(20)21)26-19-14-24-29(16-19)7-6-28-8-10-33-11-9-28/h1-5,12,14-16,25H,6-11,13H2,(H,26,27)(H,31,32). The number of morpholine rings is 1. The van der Waals surface area contributed by atoms with Crippen LogP contribution in [-0.2, 0) is 29.1 Å². The Labute approximate surface area is 199 Å². The summed E-state index contributed by atoms with van der Waals surface area (Å²) >= 11 is -2.05. The Morgan fingerprint density at radius 2 is 2.00 bits per heavy atom. The number of nitrogens with one attached hydrogen (secondary N) is 2. The Bertz CT molecular complexity index is 1280. The molecule has 3 N–H and O–H groups in total. The summed E-state index contributed by atoms with van der Waals surface area (Å²) in [4.78, 5) is 6.80. The summed E-state index contributed by atoms with van der Waals surface area (Å²) in [7, 11) is 0. The van der Waals surface area contributed by atoms with Gasteiger partial charge in [-0.05, 0) is 23.8 Å². The minimum absolute atomic E-state index is 0.289. The third kappa shape index (κ3) is 5.48. The number of nitrogens with zero attached hydrogens (tertiary/aromatic N) is 6. The summed E-state index contributed by atoms with van der Waals surface area (Å²) in [5, 5.41) is 12.3. The van der Waals surface area contributed by atoms with Crippen molar-refractivity contribution >= 4 is 28.4 Å². The zero-order valence-corrected chi connectivity index (χ0v) is 19.3. The summed E-state index contributed by atoms with van der Waals surface area (Å²) in [6, 6.07) is 11.7. The van der Waals surface area contributed by atoms with Gasteiger partial charge in [-0.25, -0.2) is 18.4 Å². The highest BCUT2D eigenvalue weighted by atomic mass is 32.2. The fourth-order valence-electron chi connectivity index (χ4n) is 3.91. The Morgan fingerprint density at radius 3 is 2.85 bits per heavy atom. The number of rotatable bonds is 9. The molecule has 1 unspecified atom stereocenters. The van der Waals surface area contributed by atoms with Gasteiger partial charge in [-0.15, -0.1) is 5.10 Å². The van der Waals surface area contributed by atoms with Crippen molar-refractivity contribution < 1.29 is 13.5 Å². The van der Waals surface area contributed by atoms with Crippen molar-refractivity contribution in [3.63, 3.8) is 0 Å². The van der Waals surface area contributed by atoms with Gasteiger partial charge in [0.1, 0.15) is 0 Å². The minimum atomic E-state index is -2.05. The van der Waals surface area contributed by atoms with Gasteiger partial charge in [-0.2, -0.15) is 5.10 Å². The number of anilines is 2. The maximum atomic E-state index is 10.9. The van der Waals surface area contributed by atoms with E-state index >= 15 is 0 Å². The topological polar surface area (TPSA) is 122 Å². The SMILES string of the molecule is O=S(O)NCc1cccc(-c2ccc3cnc(Nc4cnn(CCN5CCOCC5)c4)nn23)c1. The monoisotopic (exact) mass is 482 g/mol. The molecule has 0 amide bonds. The van der Waals surface area contributed by atoms with E-state index in [0.717, 1.165) is 67.4 Å². The molecule has 1 aliphatic rings. The zero-order chi connectivity index (χ0) is 23.3. The highest BCUT2D eigenvalue weighted by Gasteiger charge is 2.12. The van der Waals surface area contributed by atoms with Gasteiger partial charge in [0.05, 0.1) is 49.1 Å². The van der Waals surface area contributed by atoms with Crippen molar-refractivity contribution in [3.05, 3.63) is 60.6 Å². The Hall–Kier alpha value is -3.16. The van der Waals surface area contributed by atoms with E-state index in [-0.39, 0.29) is 6.54 Å². The number of hydrogen-bond acceptors (Lipinski definition) is 7. The van der Waals surface area contributed by atoms with Crippen LogP contribution in [0.4, 0.5) is 11.6 Å². The molecule has 0 saturated carbocycles. The molecule has 0 spiro atoms. The van der Waals surface area contributed by atoms with E-state index in [9.17, 15) is 4.21 Å². The lowest BCUT2D eigenvalue weighted by molar-refractivity contribution is 0.0360. The van der Waals surface area contributed by atoms with Gasteiger partial charge in [-0.1, -0.05) is 18.2 Å². The van der Waals surface area contributed by atoms with E-state index in [2.05, 4.69) is 30.1 Å². The molecule has 34 heavy (non-hydrogen) atoms. The van der Waals surface area contributed by atoms with Gasteiger partial charge in [-0.3, -0.25) is 14.1 Å². The second-order valence-corrected chi connectivity index (χ2v) is 8.77. The first kappa shape index (κ1) is 22.6. The third-order valence-corrected chi connectivity index (χ3v) is 6.05. The molecule has 11 nitrogen and oxygen atoms in total. The van der Waals surface area contributed by atoms with Crippen LogP contribution in [0.3, 0.4) is 0 Å². The normalized spacial score (nSPS) is 15.6. The van der Waals surface area contributed by atoms with E-state index in [1.165, 1.54) is 0 Å². The molecule has 4 aromatic rings. The summed E-state index contributed by atoms with van der Waals surface area (Å²) < 4.78 is 31.5. The molecular formula is C22H26N8O3S. The Morgan fingerprint density at radius 1 is 1.12 bits per heavy atom. The molecule has 5 rings (SSSR count). The van der Waals surface area contributed by atoms with Crippen LogP contribution >= 0.6 is 0 Å². The van der Waals surface area contributed by atoms with E-state index in [4.69, 9.17) is 9.29 Å². The molecule has 1 aliphatic heterocycles. The quantitative estimate of drug-likeness (QED) is 0.309. The van der Waals surface area contributed by atoms with Crippen LogP contribution in [0.25, 0.3) is 16.8 Å². The molecule has 0 aliphatic carbocycles. The van der Waals surface area contributed by atoms with Gasteiger partial charge < -0.3 is 10.1 Å². The fraction of sp³-hybridized carbons (Fsp3) is 0.318. The maximum absolute atomic E-state index is 10.9. The van der Waals surface area contributed by atoms with Gasteiger partial charge in [0.2, 0.25) is 17.2 Å². The van der Waals surface area contributed by atoms with Crippen molar-refractivity contribution in [2.24, 2.45) is 0 Å². The van der Waals surface area contributed by atoms with Crippen LogP contribution in [0.15, 0.2) is 55.0 Å². The first-order valence-corrected chi connectivity index (χ1v) is 12.1. The van der Waals surface area contributed by atoms with Crippen molar-refractivity contribution in [1.29, 1.82) is 0 Å². The first-order valence-electron chi connectivity index (χ1n) is 11.0. The summed E-state index contributed by atoms with van der Waals surface area (Å²) in [5.74, 6) is 0.464. The molecule has 0 bridgehead atoms. The Kier molecular flexibility index (Phi) is 6.92. The van der Waals surface area contributed by atoms with Crippen LogP contribution in [0.2, 0.25) is 0 Å². The predicted molar refractivity (Wildman–Crippen MR) is 129 cm³/mol. The molecule has 4 heterocycles. The average Bonchev–Trinajstić information content (AvgIpc) is 3.49. The maximum Gasteiger partial charge on any atom is 0.245 e. The fourth-order valence-corrected chi connectivity index (χ4v) is 4.20. The number of ether oxygens (including phenoxy) is 1. The molecular weight excluding hydrogens is 456 g/mol. The van der Waals surface area contributed by atoms with Gasteiger partial charge in [0.25, 0.3) is 0 Å². The zero-order valence-electron chi connectivity index (χ0n) is 18.5. The second-order valence-electron chi connectivity index (χ2n) is 7.98. The van der Waals surface area contributed by atoms with E-state index in [1.54, 1.807) is 12.4 Å². The van der Waals surface area contributed by atoms with Crippen LogP contribution in [0.5, 0.6) is 0 Å². The molecule has 1 atom stereocenters.